The number of benzene rings is 3. The van der Waals surface area contributed by atoms with Gasteiger partial charge in [0.05, 0.1) is 30.8 Å². The third kappa shape index (κ3) is 4.68. The number of H-pyrrole nitrogens is 1. The van der Waals surface area contributed by atoms with Gasteiger partial charge in [-0.2, -0.15) is 0 Å². The van der Waals surface area contributed by atoms with Crippen molar-refractivity contribution in [3.05, 3.63) is 105 Å². The molecule has 39 heavy (non-hydrogen) atoms. The van der Waals surface area contributed by atoms with Crippen molar-refractivity contribution < 1.29 is 29.1 Å². The number of aromatic amines is 1. The highest BCUT2D eigenvalue weighted by molar-refractivity contribution is 6.46. The van der Waals surface area contributed by atoms with Gasteiger partial charge in [0, 0.05) is 41.3 Å². The molecule has 10 nitrogen and oxygen atoms in total. The van der Waals surface area contributed by atoms with Crippen LogP contribution in [0, 0.1) is 10.1 Å². The van der Waals surface area contributed by atoms with Crippen LogP contribution in [0.4, 0.5) is 5.69 Å². The number of ether oxygens (including phenoxy) is 2. The van der Waals surface area contributed by atoms with Crippen molar-refractivity contribution >= 4 is 34.0 Å². The second kappa shape index (κ2) is 10.3. The van der Waals surface area contributed by atoms with Gasteiger partial charge >= 0.3 is 0 Å². The number of nitro benzene ring substituents is 1. The van der Waals surface area contributed by atoms with Crippen LogP contribution in [0.25, 0.3) is 16.7 Å². The molecule has 1 amide bonds. The highest BCUT2D eigenvalue weighted by Gasteiger charge is 2.46. The summed E-state index contributed by atoms with van der Waals surface area (Å²) in [5.74, 6) is -0.666. The second-order valence-electron chi connectivity index (χ2n) is 9.05. The van der Waals surface area contributed by atoms with Crippen molar-refractivity contribution in [1.82, 2.24) is 9.88 Å². The first-order valence-electron chi connectivity index (χ1n) is 12.1. The zero-order valence-electron chi connectivity index (χ0n) is 21.2. The summed E-state index contributed by atoms with van der Waals surface area (Å²) in [7, 11) is 3.10. The van der Waals surface area contributed by atoms with E-state index in [1.807, 2.05) is 24.4 Å². The number of Topliss-reactive ketones (excluding diaryl/α,β-unsaturated/α-hetero) is 1. The summed E-state index contributed by atoms with van der Waals surface area (Å²) in [4.78, 5) is 41.9. The maximum Gasteiger partial charge on any atom is 0.295 e. The Balaban J connectivity index is 1.55. The molecule has 1 saturated heterocycles. The van der Waals surface area contributed by atoms with E-state index in [0.29, 0.717) is 29.0 Å². The minimum atomic E-state index is -0.937. The fourth-order valence-electron chi connectivity index (χ4n) is 4.87. The van der Waals surface area contributed by atoms with Crippen LogP contribution < -0.4 is 9.47 Å². The summed E-state index contributed by atoms with van der Waals surface area (Å²) in [5, 5.41) is 23.4. The Labute approximate surface area is 223 Å². The van der Waals surface area contributed by atoms with Crippen molar-refractivity contribution in [3.63, 3.8) is 0 Å². The van der Waals surface area contributed by atoms with Gasteiger partial charge in [0.25, 0.3) is 17.4 Å². The van der Waals surface area contributed by atoms with E-state index in [0.717, 1.165) is 16.5 Å². The molecule has 1 aliphatic heterocycles. The standard InChI is InChI=1S/C29H25N3O7/c1-38-21-9-5-18(6-10-21)27(33)25-26(17-3-7-20(8-4-17)32(36)37)31(29(35)28(25)34)14-13-19-16-30-24-12-11-22(39-2)15-23(19)24/h3-12,15-16,26,30,33H,13-14H2,1-2H3/t26-/m0/s1. The van der Waals surface area contributed by atoms with Gasteiger partial charge in [0.1, 0.15) is 17.3 Å². The van der Waals surface area contributed by atoms with E-state index in [-0.39, 0.29) is 23.6 Å². The van der Waals surface area contributed by atoms with Crippen molar-refractivity contribution in [2.45, 2.75) is 12.5 Å². The Hall–Kier alpha value is -5.12. The predicted octanol–water partition coefficient (Wildman–Crippen LogP) is 4.76. The van der Waals surface area contributed by atoms with Crippen LogP contribution in [0.2, 0.25) is 0 Å². The molecule has 0 aliphatic carbocycles. The van der Waals surface area contributed by atoms with Gasteiger partial charge < -0.3 is 24.5 Å². The average Bonchev–Trinajstić information content (AvgIpc) is 3.48. The molecule has 2 heterocycles. The first kappa shape index (κ1) is 25.5. The number of ketones is 1. The van der Waals surface area contributed by atoms with Crippen LogP contribution >= 0.6 is 0 Å². The van der Waals surface area contributed by atoms with Gasteiger partial charge in [0.15, 0.2) is 0 Å². The lowest BCUT2D eigenvalue weighted by atomic mass is 9.95. The number of aliphatic hydroxyl groups is 1. The number of nitro groups is 1. The molecular formula is C29H25N3O7. The van der Waals surface area contributed by atoms with Crippen molar-refractivity contribution in [2.24, 2.45) is 0 Å². The quantitative estimate of drug-likeness (QED) is 0.111. The molecule has 0 saturated carbocycles. The minimum Gasteiger partial charge on any atom is -0.507 e. The number of amides is 1. The molecule has 4 aromatic rings. The molecule has 1 atom stereocenters. The van der Waals surface area contributed by atoms with E-state index >= 15 is 0 Å². The number of fused-ring (bicyclic) bond motifs is 1. The number of rotatable bonds is 8. The number of aromatic nitrogens is 1. The number of nitrogens with zero attached hydrogens (tertiary/aromatic N) is 2. The number of nitrogens with one attached hydrogen (secondary N) is 1. The molecule has 5 rings (SSSR count). The Bertz CT molecular complexity index is 1600. The number of likely N-dealkylation sites (tertiary alicyclic amines) is 1. The van der Waals surface area contributed by atoms with Gasteiger partial charge in [-0.25, -0.2) is 0 Å². The number of hydrogen-bond donors (Lipinski definition) is 2. The van der Waals surface area contributed by atoms with E-state index in [1.165, 1.54) is 36.3 Å². The van der Waals surface area contributed by atoms with Gasteiger partial charge in [-0.15, -0.1) is 0 Å². The summed E-state index contributed by atoms with van der Waals surface area (Å²) >= 11 is 0. The zero-order chi connectivity index (χ0) is 27.7. The maximum atomic E-state index is 13.3. The molecular weight excluding hydrogens is 502 g/mol. The molecule has 198 valence electrons. The molecule has 0 spiro atoms. The lowest BCUT2D eigenvalue weighted by Gasteiger charge is -2.25. The van der Waals surface area contributed by atoms with E-state index in [4.69, 9.17) is 9.47 Å². The highest BCUT2D eigenvalue weighted by atomic mass is 16.6. The Morgan fingerprint density at radius 3 is 2.31 bits per heavy atom. The SMILES string of the molecule is COc1ccc(C(O)=C2C(=O)C(=O)N(CCc3c[nH]c4ccc(OC)cc34)[C@H]2c2ccc([N+](=O)[O-])cc2)cc1. The lowest BCUT2D eigenvalue weighted by molar-refractivity contribution is -0.384. The third-order valence-electron chi connectivity index (χ3n) is 6.92. The van der Waals surface area contributed by atoms with Gasteiger partial charge in [0.2, 0.25) is 0 Å². The van der Waals surface area contributed by atoms with E-state index in [9.17, 15) is 24.8 Å². The molecule has 3 aromatic carbocycles. The number of aliphatic hydroxyl groups excluding tert-OH is 1. The minimum absolute atomic E-state index is 0.0837. The molecule has 10 heteroatoms. The largest absolute Gasteiger partial charge is 0.507 e. The number of methoxy groups -OCH3 is 2. The normalized spacial score (nSPS) is 16.6. The molecule has 2 N–H and O–H groups in total. The predicted molar refractivity (Wildman–Crippen MR) is 144 cm³/mol. The van der Waals surface area contributed by atoms with Crippen LogP contribution in [-0.4, -0.2) is 52.4 Å². The fourth-order valence-corrected chi connectivity index (χ4v) is 4.87. The smallest absolute Gasteiger partial charge is 0.295 e. The van der Waals surface area contributed by atoms with Crippen LogP contribution in [0.1, 0.15) is 22.7 Å². The zero-order valence-corrected chi connectivity index (χ0v) is 21.2. The van der Waals surface area contributed by atoms with E-state index in [2.05, 4.69) is 4.98 Å². The highest BCUT2D eigenvalue weighted by Crippen LogP contribution is 2.40. The molecule has 1 fully saturated rings. The molecule has 0 bridgehead atoms. The van der Waals surface area contributed by atoms with Crippen molar-refractivity contribution in [2.75, 3.05) is 20.8 Å². The monoisotopic (exact) mass is 527 g/mol. The Kier molecular flexibility index (Phi) is 6.76. The third-order valence-corrected chi connectivity index (χ3v) is 6.92. The van der Waals surface area contributed by atoms with Gasteiger partial charge in [-0.05, 0) is 72.1 Å². The molecule has 0 radical (unpaired) electrons. The fraction of sp³-hybridized carbons (Fsp3) is 0.172. The van der Waals surface area contributed by atoms with Crippen LogP contribution in [-0.2, 0) is 16.0 Å². The maximum absolute atomic E-state index is 13.3. The van der Waals surface area contributed by atoms with Crippen LogP contribution in [0.15, 0.2) is 78.5 Å². The van der Waals surface area contributed by atoms with Crippen LogP contribution in [0.5, 0.6) is 11.5 Å². The Morgan fingerprint density at radius 1 is 1.00 bits per heavy atom. The first-order valence-corrected chi connectivity index (χ1v) is 12.1. The van der Waals surface area contributed by atoms with Crippen LogP contribution in [0.3, 0.4) is 0 Å². The van der Waals surface area contributed by atoms with Gasteiger partial charge in [-0.1, -0.05) is 0 Å². The lowest BCUT2D eigenvalue weighted by Crippen LogP contribution is -2.31. The van der Waals surface area contributed by atoms with Crippen molar-refractivity contribution in [1.29, 1.82) is 0 Å². The second-order valence-corrected chi connectivity index (χ2v) is 9.05. The number of hydrogen-bond acceptors (Lipinski definition) is 7. The van der Waals surface area contributed by atoms with Crippen molar-refractivity contribution in [3.8, 4) is 11.5 Å². The first-order chi connectivity index (χ1) is 18.8. The summed E-state index contributed by atoms with van der Waals surface area (Å²) in [6.45, 7) is 0.162. The number of non-ortho nitro benzene ring substituents is 1. The molecule has 1 aliphatic rings. The average molecular weight is 528 g/mol. The number of carbonyl (C=O) groups excluding carboxylic acids is 2. The summed E-state index contributed by atoms with van der Waals surface area (Å²) in [5.41, 5.74) is 2.42. The van der Waals surface area contributed by atoms with E-state index in [1.54, 1.807) is 31.4 Å². The topological polar surface area (TPSA) is 135 Å². The molecule has 1 aromatic heterocycles. The molecule has 0 unspecified atom stereocenters. The van der Waals surface area contributed by atoms with Gasteiger partial charge in [-0.3, -0.25) is 19.7 Å². The summed E-state index contributed by atoms with van der Waals surface area (Å²) in [6, 6.07) is 16.8. The summed E-state index contributed by atoms with van der Waals surface area (Å²) in [6.07, 6.45) is 2.26. The van der Waals surface area contributed by atoms with E-state index < -0.39 is 22.7 Å². The number of carbonyl (C=O) groups is 2. The summed E-state index contributed by atoms with van der Waals surface area (Å²) < 4.78 is 10.5. The Morgan fingerprint density at radius 2 is 1.67 bits per heavy atom.